The molecular weight excluding hydrogens is 425 g/mol. The first kappa shape index (κ1) is 23.1. The van der Waals surface area contributed by atoms with E-state index in [9.17, 15) is 9.18 Å². The van der Waals surface area contributed by atoms with Gasteiger partial charge in [-0.15, -0.1) is 11.8 Å². The van der Waals surface area contributed by atoms with E-state index in [1.54, 1.807) is 18.9 Å². The third kappa shape index (κ3) is 5.63. The number of hydrogen-bond donors (Lipinski definition) is 1. The van der Waals surface area contributed by atoms with Crippen LogP contribution in [0.2, 0.25) is 0 Å². The molecule has 7 heteroatoms. The molecule has 2 heterocycles. The lowest BCUT2D eigenvalue weighted by Gasteiger charge is -2.37. The summed E-state index contributed by atoms with van der Waals surface area (Å²) in [6.45, 7) is 3.46. The van der Waals surface area contributed by atoms with Crippen molar-refractivity contribution in [2.24, 2.45) is 0 Å². The van der Waals surface area contributed by atoms with E-state index in [0.29, 0.717) is 17.8 Å². The predicted molar refractivity (Wildman–Crippen MR) is 127 cm³/mol. The van der Waals surface area contributed by atoms with E-state index in [0.717, 1.165) is 55.1 Å². The van der Waals surface area contributed by atoms with Crippen molar-refractivity contribution < 1.29 is 13.9 Å². The molecule has 2 atom stereocenters. The molecule has 1 amide bonds. The van der Waals surface area contributed by atoms with Crippen molar-refractivity contribution in [2.45, 2.75) is 48.0 Å². The summed E-state index contributed by atoms with van der Waals surface area (Å²) in [5, 5.41) is 3.46. The van der Waals surface area contributed by atoms with Crippen molar-refractivity contribution in [1.29, 1.82) is 0 Å². The predicted octanol–water partition coefficient (Wildman–Crippen LogP) is 3.78. The van der Waals surface area contributed by atoms with E-state index in [-0.39, 0.29) is 17.8 Å². The number of amides is 1. The lowest BCUT2D eigenvalue weighted by molar-refractivity contribution is -0.126. The van der Waals surface area contributed by atoms with Crippen molar-refractivity contribution in [3.05, 3.63) is 59.9 Å². The first-order valence-corrected chi connectivity index (χ1v) is 12.2. The highest BCUT2D eigenvalue weighted by molar-refractivity contribution is 8.00. The third-order valence-electron chi connectivity index (χ3n) is 6.52. The zero-order valence-electron chi connectivity index (χ0n) is 18.8. The van der Waals surface area contributed by atoms with Gasteiger partial charge in [0.05, 0.1) is 13.2 Å². The topological polar surface area (TPSA) is 44.8 Å². The van der Waals surface area contributed by atoms with Gasteiger partial charge in [0.25, 0.3) is 0 Å². The second-order valence-corrected chi connectivity index (χ2v) is 10.1. The Bertz CT molecular complexity index is 902. The van der Waals surface area contributed by atoms with Crippen molar-refractivity contribution >= 4 is 17.7 Å². The quantitative estimate of drug-likeness (QED) is 0.686. The van der Waals surface area contributed by atoms with Crippen LogP contribution < -0.4 is 10.1 Å². The Kier molecular flexibility index (Phi) is 7.71. The van der Waals surface area contributed by atoms with Crippen LogP contribution in [0, 0.1) is 5.82 Å². The monoisotopic (exact) mass is 457 g/mol. The van der Waals surface area contributed by atoms with Crippen molar-refractivity contribution in [3.63, 3.8) is 0 Å². The van der Waals surface area contributed by atoms with Gasteiger partial charge in [0.15, 0.2) is 0 Å². The molecule has 5 nitrogen and oxygen atoms in total. The lowest BCUT2D eigenvalue weighted by Crippen LogP contribution is -2.50. The Labute approximate surface area is 194 Å². The molecule has 0 saturated carbocycles. The Morgan fingerprint density at radius 3 is 2.59 bits per heavy atom. The fraction of sp³-hybridized carbons (Fsp3) is 0.480. The molecule has 2 aromatic carbocycles. The molecule has 0 aromatic heterocycles. The van der Waals surface area contributed by atoms with Gasteiger partial charge < -0.3 is 15.0 Å². The smallest absolute Gasteiger partial charge is 0.237 e. The van der Waals surface area contributed by atoms with Gasteiger partial charge in [-0.2, -0.15) is 0 Å². The van der Waals surface area contributed by atoms with Gasteiger partial charge >= 0.3 is 0 Å². The van der Waals surface area contributed by atoms with Gasteiger partial charge in [-0.05, 0) is 69.7 Å². The Hall–Kier alpha value is -2.09. The summed E-state index contributed by atoms with van der Waals surface area (Å²) in [4.78, 5) is 19.1. The number of hydrogen-bond acceptors (Lipinski definition) is 5. The molecule has 1 N–H and O–H groups in total. The molecule has 172 valence electrons. The molecule has 2 aliphatic heterocycles. The molecular formula is C25H32FN3O2S. The summed E-state index contributed by atoms with van der Waals surface area (Å²) >= 11 is 1.75. The van der Waals surface area contributed by atoms with Crippen LogP contribution in [0.4, 0.5) is 4.39 Å². The van der Waals surface area contributed by atoms with Gasteiger partial charge in [-0.25, -0.2) is 4.39 Å². The van der Waals surface area contributed by atoms with Crippen LogP contribution in [-0.2, 0) is 11.3 Å². The van der Waals surface area contributed by atoms with E-state index in [2.05, 4.69) is 22.2 Å². The second-order valence-electron chi connectivity index (χ2n) is 8.71. The largest absolute Gasteiger partial charge is 0.496 e. The summed E-state index contributed by atoms with van der Waals surface area (Å²) in [7, 11) is 3.81. The number of benzene rings is 2. The van der Waals surface area contributed by atoms with E-state index < -0.39 is 0 Å². The maximum absolute atomic E-state index is 13.3. The number of para-hydroxylation sites is 1. The fourth-order valence-corrected chi connectivity index (χ4v) is 5.95. The van der Waals surface area contributed by atoms with Crippen LogP contribution in [0.25, 0.3) is 0 Å². The normalized spacial score (nSPS) is 22.7. The maximum Gasteiger partial charge on any atom is 0.237 e. The minimum Gasteiger partial charge on any atom is -0.496 e. The molecule has 2 fully saturated rings. The number of likely N-dealkylation sites (tertiary alicyclic amines) is 2. The summed E-state index contributed by atoms with van der Waals surface area (Å²) < 4.78 is 18.7. The van der Waals surface area contributed by atoms with Crippen LogP contribution in [0.1, 0.15) is 24.8 Å². The maximum atomic E-state index is 13.3. The Morgan fingerprint density at radius 1 is 1.16 bits per heavy atom. The summed E-state index contributed by atoms with van der Waals surface area (Å²) in [6, 6.07) is 14.7. The second kappa shape index (κ2) is 10.7. The number of carbonyl (C=O) groups is 1. The summed E-state index contributed by atoms with van der Waals surface area (Å²) in [6.07, 6.45) is 2.97. The zero-order chi connectivity index (χ0) is 22.5. The molecule has 0 radical (unpaired) electrons. The van der Waals surface area contributed by atoms with Crippen LogP contribution in [0.3, 0.4) is 0 Å². The number of nitrogens with zero attached hydrogens (tertiary/aromatic N) is 2. The van der Waals surface area contributed by atoms with E-state index in [1.807, 2.05) is 36.4 Å². The van der Waals surface area contributed by atoms with Crippen LogP contribution in [-0.4, -0.2) is 66.8 Å². The number of piperidine rings is 1. The Morgan fingerprint density at radius 2 is 1.88 bits per heavy atom. The van der Waals surface area contributed by atoms with E-state index in [4.69, 9.17) is 4.74 Å². The average Bonchev–Trinajstić information content (AvgIpc) is 3.23. The molecule has 0 unspecified atom stereocenters. The summed E-state index contributed by atoms with van der Waals surface area (Å²) in [5.41, 5.74) is 0.976. The molecule has 0 aliphatic carbocycles. The van der Waals surface area contributed by atoms with Crippen LogP contribution >= 0.6 is 11.8 Å². The minimum absolute atomic E-state index is 0.0806. The van der Waals surface area contributed by atoms with Crippen molar-refractivity contribution in [2.75, 3.05) is 33.8 Å². The van der Waals surface area contributed by atoms with E-state index in [1.165, 1.54) is 12.1 Å². The van der Waals surface area contributed by atoms with Gasteiger partial charge in [0.1, 0.15) is 11.6 Å². The Balaban J connectivity index is 1.44. The highest BCUT2D eigenvalue weighted by atomic mass is 32.2. The number of carbonyl (C=O) groups excluding carboxylic acids is 1. The first-order chi connectivity index (χ1) is 15.5. The standard InChI is InChI=1S/C25H32FN3O2S/c1-28-13-11-20(12-14-28)29-17-22(32-21-9-7-19(26)8-10-21)15-23(29)25(30)27-16-18-5-3-4-6-24(18)31-2/h3-10,20,22-23H,11-17H2,1-2H3,(H,27,30)/t22-,23+/m1/s1. The average molecular weight is 458 g/mol. The number of methoxy groups -OCH3 is 1. The van der Waals surface area contributed by atoms with Crippen LogP contribution in [0.15, 0.2) is 53.4 Å². The first-order valence-electron chi connectivity index (χ1n) is 11.3. The number of thioether (sulfide) groups is 1. The third-order valence-corrected chi connectivity index (χ3v) is 7.74. The van der Waals surface area contributed by atoms with Crippen molar-refractivity contribution in [1.82, 2.24) is 15.1 Å². The number of rotatable bonds is 7. The number of halogens is 1. The van der Waals surface area contributed by atoms with Gasteiger partial charge in [0.2, 0.25) is 5.91 Å². The molecule has 2 aliphatic rings. The van der Waals surface area contributed by atoms with Gasteiger partial charge in [-0.3, -0.25) is 9.69 Å². The summed E-state index contributed by atoms with van der Waals surface area (Å²) in [5.74, 6) is 0.649. The SMILES string of the molecule is COc1ccccc1CNC(=O)[C@@H]1C[C@@H](Sc2ccc(F)cc2)CN1C1CCN(C)CC1. The number of nitrogens with one attached hydrogen (secondary N) is 1. The fourth-order valence-electron chi connectivity index (χ4n) is 4.75. The van der Waals surface area contributed by atoms with Crippen LogP contribution in [0.5, 0.6) is 5.75 Å². The number of ether oxygens (including phenoxy) is 1. The molecule has 4 rings (SSSR count). The van der Waals surface area contributed by atoms with Crippen molar-refractivity contribution in [3.8, 4) is 5.75 Å². The molecule has 0 bridgehead atoms. The van der Waals surface area contributed by atoms with Gasteiger partial charge in [-0.1, -0.05) is 18.2 Å². The lowest BCUT2D eigenvalue weighted by atomic mass is 10.0. The molecule has 32 heavy (non-hydrogen) atoms. The minimum atomic E-state index is -0.220. The molecule has 2 saturated heterocycles. The molecule has 0 spiro atoms. The van der Waals surface area contributed by atoms with Gasteiger partial charge in [0, 0.05) is 34.8 Å². The molecule has 2 aromatic rings. The zero-order valence-corrected chi connectivity index (χ0v) is 19.6. The highest BCUT2D eigenvalue weighted by Gasteiger charge is 2.41. The highest BCUT2D eigenvalue weighted by Crippen LogP contribution is 2.36. The van der Waals surface area contributed by atoms with E-state index >= 15 is 0 Å².